The number of benzene rings is 2. The summed E-state index contributed by atoms with van der Waals surface area (Å²) >= 11 is 18.9. The lowest BCUT2D eigenvalue weighted by Gasteiger charge is -2.33. The first-order valence-electron chi connectivity index (χ1n) is 12.1. The smallest absolute Gasteiger partial charge is 0.244 e. The second kappa shape index (κ2) is 12.7. The zero-order chi connectivity index (χ0) is 27.3. The van der Waals surface area contributed by atoms with Crippen molar-refractivity contribution in [2.45, 2.75) is 64.6 Å². The van der Waals surface area contributed by atoms with Crippen molar-refractivity contribution in [2.75, 3.05) is 17.1 Å². The standard InChI is InChI=1S/C26H32Cl3N3O4S/c1-17-12-13-19(27)14-24(17)32(37(3,35)36)16-25(33)31(15-21-22(28)10-7-11-23(21)29)18(2)26(34)30-20-8-5-4-6-9-20/h7,10-14,18,20H,4-6,8-9,15-16H2,1-3H3,(H,30,34)/t18-/m1/s1. The minimum atomic E-state index is -3.87. The van der Waals surface area contributed by atoms with Crippen LogP contribution in [0.5, 0.6) is 0 Å². The molecule has 2 amide bonds. The number of amides is 2. The zero-order valence-corrected chi connectivity index (χ0v) is 24.2. The number of halogens is 3. The average molecular weight is 589 g/mol. The van der Waals surface area contributed by atoms with Crippen LogP contribution in [-0.2, 0) is 26.2 Å². The molecule has 1 aliphatic carbocycles. The first-order valence-corrected chi connectivity index (χ1v) is 15.1. The van der Waals surface area contributed by atoms with E-state index in [2.05, 4.69) is 5.32 Å². The first kappa shape index (κ1) is 29.6. The molecule has 0 bridgehead atoms. The van der Waals surface area contributed by atoms with Gasteiger partial charge in [-0.05, 0) is 56.5 Å². The van der Waals surface area contributed by atoms with Crippen molar-refractivity contribution in [2.24, 2.45) is 0 Å². The lowest BCUT2D eigenvalue weighted by atomic mass is 9.95. The summed E-state index contributed by atoms with van der Waals surface area (Å²) in [5.74, 6) is -0.889. The third-order valence-electron chi connectivity index (χ3n) is 6.63. The molecule has 1 fully saturated rings. The molecule has 0 aromatic heterocycles. The number of carbonyl (C=O) groups is 2. The normalized spacial score (nSPS) is 15.2. The van der Waals surface area contributed by atoms with Gasteiger partial charge in [-0.15, -0.1) is 0 Å². The molecule has 2 aromatic rings. The molecule has 0 aliphatic heterocycles. The molecule has 1 saturated carbocycles. The van der Waals surface area contributed by atoms with Gasteiger partial charge in [-0.1, -0.05) is 66.2 Å². The number of anilines is 1. The predicted octanol–water partition coefficient (Wildman–Crippen LogP) is 5.59. The molecule has 1 atom stereocenters. The van der Waals surface area contributed by atoms with Gasteiger partial charge in [-0.3, -0.25) is 13.9 Å². The fourth-order valence-corrected chi connectivity index (χ4v) is 6.03. The Morgan fingerprint density at radius 1 is 1.05 bits per heavy atom. The van der Waals surface area contributed by atoms with E-state index in [1.165, 1.54) is 11.0 Å². The van der Waals surface area contributed by atoms with Crippen LogP contribution in [0.1, 0.15) is 50.2 Å². The second-order valence-electron chi connectivity index (χ2n) is 9.44. The molecule has 1 N–H and O–H groups in total. The van der Waals surface area contributed by atoms with Crippen LogP contribution >= 0.6 is 34.8 Å². The van der Waals surface area contributed by atoms with Crippen molar-refractivity contribution in [3.05, 3.63) is 62.6 Å². The van der Waals surface area contributed by atoms with Gasteiger partial charge in [-0.25, -0.2) is 8.42 Å². The number of nitrogens with zero attached hydrogens (tertiary/aromatic N) is 2. The van der Waals surface area contributed by atoms with E-state index in [1.807, 2.05) is 0 Å². The van der Waals surface area contributed by atoms with Gasteiger partial charge in [0.15, 0.2) is 0 Å². The summed E-state index contributed by atoms with van der Waals surface area (Å²) in [5.41, 5.74) is 1.39. The van der Waals surface area contributed by atoms with Crippen LogP contribution in [0.4, 0.5) is 5.69 Å². The molecule has 11 heteroatoms. The largest absolute Gasteiger partial charge is 0.352 e. The number of hydrogen-bond donors (Lipinski definition) is 1. The number of nitrogens with one attached hydrogen (secondary N) is 1. The van der Waals surface area contributed by atoms with E-state index >= 15 is 0 Å². The fourth-order valence-electron chi connectivity index (χ4n) is 4.45. The molecule has 7 nitrogen and oxygen atoms in total. The third kappa shape index (κ3) is 7.76. The SMILES string of the molecule is Cc1ccc(Cl)cc1N(CC(=O)N(Cc1c(Cl)cccc1Cl)[C@H](C)C(=O)NC1CCCCC1)S(C)(=O)=O. The van der Waals surface area contributed by atoms with Crippen molar-refractivity contribution in [3.63, 3.8) is 0 Å². The van der Waals surface area contributed by atoms with Gasteiger partial charge in [-0.2, -0.15) is 0 Å². The summed E-state index contributed by atoms with van der Waals surface area (Å²) in [7, 11) is -3.87. The van der Waals surface area contributed by atoms with Crippen LogP contribution < -0.4 is 9.62 Å². The lowest BCUT2D eigenvalue weighted by Crippen LogP contribution is -2.53. The van der Waals surface area contributed by atoms with E-state index in [0.717, 1.165) is 42.7 Å². The molecule has 0 unspecified atom stereocenters. The number of hydrogen-bond acceptors (Lipinski definition) is 4. The monoisotopic (exact) mass is 587 g/mol. The Morgan fingerprint density at radius 2 is 1.68 bits per heavy atom. The molecule has 0 radical (unpaired) electrons. The summed E-state index contributed by atoms with van der Waals surface area (Å²) in [5, 5.41) is 4.07. The maximum atomic E-state index is 13.8. The van der Waals surface area contributed by atoms with E-state index in [9.17, 15) is 18.0 Å². The van der Waals surface area contributed by atoms with E-state index < -0.39 is 28.5 Å². The Bertz CT molecular complexity index is 1230. The van der Waals surface area contributed by atoms with Crippen molar-refractivity contribution in [1.82, 2.24) is 10.2 Å². The van der Waals surface area contributed by atoms with Crippen molar-refractivity contribution >= 4 is 62.3 Å². The van der Waals surface area contributed by atoms with Gasteiger partial charge in [0.1, 0.15) is 12.6 Å². The summed E-state index contributed by atoms with van der Waals surface area (Å²) < 4.78 is 26.6. The van der Waals surface area contributed by atoms with E-state index in [-0.39, 0.29) is 18.5 Å². The molecule has 0 spiro atoms. The van der Waals surface area contributed by atoms with Gasteiger partial charge in [0.25, 0.3) is 0 Å². The highest BCUT2D eigenvalue weighted by atomic mass is 35.5. The minimum Gasteiger partial charge on any atom is -0.352 e. The third-order valence-corrected chi connectivity index (χ3v) is 8.70. The van der Waals surface area contributed by atoms with Gasteiger partial charge >= 0.3 is 0 Å². The van der Waals surface area contributed by atoms with Gasteiger partial charge < -0.3 is 10.2 Å². The summed E-state index contributed by atoms with van der Waals surface area (Å²) in [6.07, 6.45) is 6.02. The molecular weight excluding hydrogens is 557 g/mol. The molecule has 0 heterocycles. The maximum absolute atomic E-state index is 13.8. The lowest BCUT2D eigenvalue weighted by molar-refractivity contribution is -0.139. The van der Waals surface area contributed by atoms with Crippen LogP contribution in [-0.4, -0.2) is 50.0 Å². The molecule has 2 aromatic carbocycles. The Kier molecular flexibility index (Phi) is 10.1. The molecule has 0 saturated heterocycles. The topological polar surface area (TPSA) is 86.8 Å². The van der Waals surface area contributed by atoms with E-state index in [0.29, 0.717) is 31.9 Å². The number of rotatable bonds is 9. The Hall–Kier alpha value is -2.00. The Balaban J connectivity index is 1.95. The summed E-state index contributed by atoms with van der Waals surface area (Å²) in [4.78, 5) is 28.3. The number of carbonyl (C=O) groups excluding carboxylic acids is 2. The molecule has 1 aliphatic rings. The molecule has 3 rings (SSSR count). The van der Waals surface area contributed by atoms with Gasteiger partial charge in [0.2, 0.25) is 21.8 Å². The summed E-state index contributed by atoms with van der Waals surface area (Å²) in [6, 6.07) is 8.96. The highest BCUT2D eigenvalue weighted by molar-refractivity contribution is 7.92. The van der Waals surface area contributed by atoms with Crippen LogP contribution in [0, 0.1) is 6.92 Å². The molecule has 202 valence electrons. The number of aryl methyl sites for hydroxylation is 1. The van der Waals surface area contributed by atoms with Gasteiger partial charge in [0.05, 0.1) is 11.9 Å². The molecular formula is C26H32Cl3N3O4S. The average Bonchev–Trinajstić information content (AvgIpc) is 2.83. The highest BCUT2D eigenvalue weighted by Gasteiger charge is 2.32. The summed E-state index contributed by atoms with van der Waals surface area (Å²) in [6.45, 7) is 2.76. The first-order chi connectivity index (χ1) is 17.4. The van der Waals surface area contributed by atoms with E-state index in [4.69, 9.17) is 34.8 Å². The quantitative estimate of drug-likeness (QED) is 0.414. The fraction of sp³-hybridized carbons (Fsp3) is 0.462. The minimum absolute atomic E-state index is 0.0474. The van der Waals surface area contributed by atoms with Crippen LogP contribution in [0.15, 0.2) is 36.4 Å². The highest BCUT2D eigenvalue weighted by Crippen LogP contribution is 2.29. The second-order valence-corrected chi connectivity index (χ2v) is 12.6. The van der Waals surface area contributed by atoms with Crippen molar-refractivity contribution in [3.8, 4) is 0 Å². The zero-order valence-electron chi connectivity index (χ0n) is 21.1. The molecule has 37 heavy (non-hydrogen) atoms. The van der Waals surface area contributed by atoms with Crippen LogP contribution in [0.3, 0.4) is 0 Å². The maximum Gasteiger partial charge on any atom is 0.244 e. The van der Waals surface area contributed by atoms with Crippen molar-refractivity contribution in [1.29, 1.82) is 0 Å². The Labute approximate surface area is 234 Å². The Morgan fingerprint density at radius 3 is 2.27 bits per heavy atom. The predicted molar refractivity (Wildman–Crippen MR) is 150 cm³/mol. The van der Waals surface area contributed by atoms with Crippen molar-refractivity contribution < 1.29 is 18.0 Å². The van der Waals surface area contributed by atoms with Crippen LogP contribution in [0.25, 0.3) is 0 Å². The van der Waals surface area contributed by atoms with Crippen LogP contribution in [0.2, 0.25) is 15.1 Å². The van der Waals surface area contributed by atoms with Gasteiger partial charge in [0, 0.05) is 33.2 Å². The number of sulfonamides is 1. The van der Waals surface area contributed by atoms with E-state index in [1.54, 1.807) is 44.2 Å².